The molecule has 1 rings (SSSR count). The van der Waals surface area contributed by atoms with Crippen LogP contribution in [0.1, 0.15) is 12.5 Å². The van der Waals surface area contributed by atoms with E-state index in [0.29, 0.717) is 5.57 Å². The van der Waals surface area contributed by atoms with Crippen molar-refractivity contribution in [2.45, 2.75) is 6.92 Å². The Hall–Kier alpha value is -2.17. The number of carbonyl (C=O) groups excluding carboxylic acids is 2. The molecule has 96 valence electrons. The van der Waals surface area contributed by atoms with Crippen LogP contribution in [0.2, 0.25) is 0 Å². The highest BCUT2D eigenvalue weighted by Gasteiger charge is 2.04. The smallest absolute Gasteiger partial charge is 0.325 e. The summed E-state index contributed by atoms with van der Waals surface area (Å²) in [4.78, 5) is 22.3. The Bertz CT molecular complexity index is 466. The van der Waals surface area contributed by atoms with Gasteiger partial charge in [-0.15, -0.1) is 0 Å². The van der Waals surface area contributed by atoms with Crippen LogP contribution in [0.5, 0.6) is 0 Å². The second-order valence-electron chi connectivity index (χ2n) is 3.63. The summed E-state index contributed by atoms with van der Waals surface area (Å²) in [7, 11) is 1.24. The minimum absolute atomic E-state index is 0.178. The van der Waals surface area contributed by atoms with E-state index in [4.69, 9.17) is 0 Å². The molecule has 0 unspecified atom stereocenters. The Morgan fingerprint density at radius 1 is 1.33 bits per heavy atom. The van der Waals surface area contributed by atoms with Gasteiger partial charge in [0, 0.05) is 6.08 Å². The van der Waals surface area contributed by atoms with E-state index in [-0.39, 0.29) is 12.4 Å². The number of methoxy groups -OCH3 is 1. The summed E-state index contributed by atoms with van der Waals surface area (Å²) in [6.07, 6.45) is 1.34. The third-order valence-corrected chi connectivity index (χ3v) is 2.28. The molecule has 0 aliphatic carbocycles. The maximum atomic E-state index is 12.7. The van der Waals surface area contributed by atoms with E-state index in [9.17, 15) is 14.0 Å². The van der Waals surface area contributed by atoms with Crippen LogP contribution in [0.3, 0.4) is 0 Å². The fourth-order valence-electron chi connectivity index (χ4n) is 1.28. The number of rotatable bonds is 4. The molecule has 5 heteroatoms. The summed E-state index contributed by atoms with van der Waals surface area (Å²) >= 11 is 0. The first kappa shape index (κ1) is 13.9. The van der Waals surface area contributed by atoms with Gasteiger partial charge in [-0.3, -0.25) is 9.59 Å². The number of ether oxygens (including phenoxy) is 1. The lowest BCUT2D eigenvalue weighted by Gasteiger charge is -2.03. The van der Waals surface area contributed by atoms with Crippen LogP contribution < -0.4 is 5.32 Å². The molecule has 0 heterocycles. The normalized spacial score (nSPS) is 10.9. The first-order valence-corrected chi connectivity index (χ1v) is 5.32. The number of hydrogen-bond acceptors (Lipinski definition) is 3. The lowest BCUT2D eigenvalue weighted by molar-refractivity contribution is -0.140. The van der Waals surface area contributed by atoms with Gasteiger partial charge < -0.3 is 10.1 Å². The molecule has 4 nitrogen and oxygen atoms in total. The SMILES string of the molecule is COC(=O)CNC(=O)C=C(C)c1ccc(F)cc1. The lowest BCUT2D eigenvalue weighted by Crippen LogP contribution is -2.28. The summed E-state index contributed by atoms with van der Waals surface area (Å²) in [5, 5.41) is 2.38. The van der Waals surface area contributed by atoms with E-state index < -0.39 is 11.9 Å². The summed E-state index contributed by atoms with van der Waals surface area (Å²) in [5.41, 5.74) is 1.42. The number of halogens is 1. The van der Waals surface area contributed by atoms with Crippen molar-refractivity contribution in [1.29, 1.82) is 0 Å². The molecule has 0 bridgehead atoms. The standard InChI is InChI=1S/C13H14FNO3/c1-9(10-3-5-11(14)6-4-10)7-12(16)15-8-13(17)18-2/h3-7H,8H2,1-2H3,(H,15,16). The second-order valence-corrected chi connectivity index (χ2v) is 3.63. The van der Waals surface area contributed by atoms with Crippen LogP contribution >= 0.6 is 0 Å². The zero-order chi connectivity index (χ0) is 13.5. The summed E-state index contributed by atoms with van der Waals surface area (Å²) in [5.74, 6) is -1.25. The quantitative estimate of drug-likeness (QED) is 0.652. The zero-order valence-corrected chi connectivity index (χ0v) is 10.2. The van der Waals surface area contributed by atoms with E-state index in [1.54, 1.807) is 19.1 Å². The first-order chi connectivity index (χ1) is 8.52. The van der Waals surface area contributed by atoms with Crippen molar-refractivity contribution in [3.8, 4) is 0 Å². The molecule has 1 aromatic carbocycles. The van der Waals surface area contributed by atoms with Gasteiger partial charge >= 0.3 is 5.97 Å². The molecule has 18 heavy (non-hydrogen) atoms. The summed E-state index contributed by atoms with van der Waals surface area (Å²) in [6.45, 7) is 1.55. The average Bonchev–Trinajstić information content (AvgIpc) is 2.36. The van der Waals surface area contributed by atoms with E-state index in [1.807, 2.05) is 0 Å². The molecule has 0 saturated carbocycles. The number of esters is 1. The highest BCUT2D eigenvalue weighted by molar-refractivity contribution is 5.96. The Morgan fingerprint density at radius 2 is 1.94 bits per heavy atom. The predicted octanol–water partition coefficient (Wildman–Crippen LogP) is 1.52. The fraction of sp³-hybridized carbons (Fsp3) is 0.231. The van der Waals surface area contributed by atoms with Crippen LogP contribution in [0.4, 0.5) is 4.39 Å². The van der Waals surface area contributed by atoms with E-state index >= 15 is 0 Å². The molecule has 0 radical (unpaired) electrons. The summed E-state index contributed by atoms with van der Waals surface area (Å²) < 4.78 is 17.1. The van der Waals surface area contributed by atoms with Crippen LogP contribution in [0, 0.1) is 5.82 Å². The highest BCUT2D eigenvalue weighted by Crippen LogP contribution is 2.13. The van der Waals surface area contributed by atoms with Crippen molar-refractivity contribution < 1.29 is 18.7 Å². The van der Waals surface area contributed by atoms with Crippen molar-refractivity contribution in [1.82, 2.24) is 5.32 Å². The second kappa shape index (κ2) is 6.54. The Labute approximate surface area is 104 Å². The number of hydrogen-bond donors (Lipinski definition) is 1. The molecule has 1 aromatic rings. The number of nitrogens with one attached hydrogen (secondary N) is 1. The third kappa shape index (κ3) is 4.37. The molecule has 1 N–H and O–H groups in total. The monoisotopic (exact) mass is 251 g/mol. The molecular weight excluding hydrogens is 237 g/mol. The Balaban J connectivity index is 2.62. The number of allylic oxidation sites excluding steroid dienone is 1. The van der Waals surface area contributed by atoms with Gasteiger partial charge in [0.25, 0.3) is 0 Å². The third-order valence-electron chi connectivity index (χ3n) is 2.28. The minimum Gasteiger partial charge on any atom is -0.468 e. The van der Waals surface area contributed by atoms with Crippen molar-refractivity contribution in [3.63, 3.8) is 0 Å². The summed E-state index contributed by atoms with van der Waals surface area (Å²) in [6, 6.07) is 5.79. The molecule has 0 fully saturated rings. The number of carbonyl (C=O) groups is 2. The molecule has 0 aliphatic heterocycles. The van der Waals surface area contributed by atoms with Gasteiger partial charge in [-0.1, -0.05) is 12.1 Å². The van der Waals surface area contributed by atoms with Crippen LogP contribution in [0.25, 0.3) is 5.57 Å². The van der Waals surface area contributed by atoms with E-state index in [2.05, 4.69) is 10.1 Å². The first-order valence-electron chi connectivity index (χ1n) is 5.32. The molecule has 0 atom stereocenters. The van der Waals surface area contributed by atoms with Gasteiger partial charge in [-0.25, -0.2) is 4.39 Å². The maximum absolute atomic E-state index is 12.7. The van der Waals surface area contributed by atoms with Gasteiger partial charge in [0.2, 0.25) is 5.91 Å². The molecule has 0 aliphatic rings. The van der Waals surface area contributed by atoms with Gasteiger partial charge in [0.1, 0.15) is 12.4 Å². The minimum atomic E-state index is -0.517. The lowest BCUT2D eigenvalue weighted by atomic mass is 10.1. The highest BCUT2D eigenvalue weighted by atomic mass is 19.1. The van der Waals surface area contributed by atoms with Crippen molar-refractivity contribution in [3.05, 3.63) is 41.7 Å². The van der Waals surface area contributed by atoms with Crippen molar-refractivity contribution in [2.75, 3.05) is 13.7 Å². The van der Waals surface area contributed by atoms with Gasteiger partial charge in [-0.2, -0.15) is 0 Å². The van der Waals surface area contributed by atoms with Gasteiger partial charge in [-0.05, 0) is 30.2 Å². The molecule has 0 spiro atoms. The Morgan fingerprint density at radius 3 is 2.50 bits per heavy atom. The van der Waals surface area contributed by atoms with Crippen LogP contribution in [-0.4, -0.2) is 25.5 Å². The van der Waals surface area contributed by atoms with Crippen LogP contribution in [0.15, 0.2) is 30.3 Å². The fourth-order valence-corrected chi connectivity index (χ4v) is 1.28. The average molecular weight is 251 g/mol. The molecular formula is C13H14FNO3. The van der Waals surface area contributed by atoms with E-state index in [0.717, 1.165) is 5.56 Å². The van der Waals surface area contributed by atoms with Crippen molar-refractivity contribution >= 4 is 17.4 Å². The Kier molecular flexibility index (Phi) is 5.05. The largest absolute Gasteiger partial charge is 0.468 e. The number of benzene rings is 1. The van der Waals surface area contributed by atoms with Crippen molar-refractivity contribution in [2.24, 2.45) is 0 Å². The maximum Gasteiger partial charge on any atom is 0.325 e. The molecule has 0 saturated heterocycles. The van der Waals surface area contributed by atoms with Gasteiger partial charge in [0.15, 0.2) is 0 Å². The zero-order valence-electron chi connectivity index (χ0n) is 10.2. The molecule has 1 amide bonds. The number of amides is 1. The molecule has 0 aromatic heterocycles. The topological polar surface area (TPSA) is 55.4 Å². The van der Waals surface area contributed by atoms with Crippen LogP contribution in [-0.2, 0) is 14.3 Å². The van der Waals surface area contributed by atoms with Gasteiger partial charge in [0.05, 0.1) is 7.11 Å². The van der Waals surface area contributed by atoms with E-state index in [1.165, 1.54) is 25.3 Å². The predicted molar refractivity (Wildman–Crippen MR) is 65.1 cm³/mol.